The molecule has 1 aromatic rings. The minimum absolute atomic E-state index is 0.112. The van der Waals surface area contributed by atoms with Gasteiger partial charge in [-0.25, -0.2) is 4.79 Å². The van der Waals surface area contributed by atoms with E-state index in [-0.39, 0.29) is 6.03 Å². The molecule has 4 nitrogen and oxygen atoms in total. The van der Waals surface area contributed by atoms with Crippen molar-refractivity contribution in [1.29, 1.82) is 0 Å². The number of hydrogen-bond donors (Lipinski definition) is 2. The second-order valence-electron chi connectivity index (χ2n) is 5.94. The largest absolute Gasteiger partial charge is 0.338 e. The number of urea groups is 1. The second-order valence-corrected chi connectivity index (χ2v) is 5.94. The van der Waals surface area contributed by atoms with Crippen LogP contribution in [0.1, 0.15) is 36.8 Å². The van der Waals surface area contributed by atoms with Crippen LogP contribution in [0.2, 0.25) is 0 Å². The molecular weight excluding hydrogens is 262 g/mol. The molecule has 0 atom stereocenters. The van der Waals surface area contributed by atoms with Gasteiger partial charge in [-0.1, -0.05) is 6.07 Å². The zero-order valence-electron chi connectivity index (χ0n) is 13.2. The van der Waals surface area contributed by atoms with E-state index >= 15 is 0 Å². The molecule has 0 aromatic heterocycles. The molecule has 1 aliphatic heterocycles. The van der Waals surface area contributed by atoms with Crippen LogP contribution in [0.25, 0.3) is 0 Å². The summed E-state index contributed by atoms with van der Waals surface area (Å²) >= 11 is 0. The number of likely N-dealkylation sites (tertiary alicyclic amines) is 1. The molecule has 21 heavy (non-hydrogen) atoms. The second kappa shape index (κ2) is 8.03. The zero-order valence-corrected chi connectivity index (χ0v) is 13.2. The Morgan fingerprint density at radius 3 is 2.62 bits per heavy atom. The van der Waals surface area contributed by atoms with Gasteiger partial charge < -0.3 is 15.5 Å². The van der Waals surface area contributed by atoms with E-state index in [0.29, 0.717) is 0 Å². The monoisotopic (exact) mass is 289 g/mol. The van der Waals surface area contributed by atoms with Crippen LogP contribution in [-0.4, -0.2) is 37.1 Å². The van der Waals surface area contributed by atoms with Gasteiger partial charge in [-0.05, 0) is 82.4 Å². The molecule has 116 valence electrons. The number of benzene rings is 1. The molecule has 1 heterocycles. The Labute approximate surface area is 127 Å². The predicted molar refractivity (Wildman–Crippen MR) is 87.8 cm³/mol. The number of aryl methyl sites for hydroxylation is 2. The van der Waals surface area contributed by atoms with E-state index in [1.165, 1.54) is 43.6 Å². The average Bonchev–Trinajstić information content (AvgIpc) is 2.96. The van der Waals surface area contributed by atoms with E-state index in [9.17, 15) is 4.79 Å². The molecule has 0 spiro atoms. The number of nitrogens with one attached hydrogen (secondary N) is 2. The van der Waals surface area contributed by atoms with Gasteiger partial charge in [0.1, 0.15) is 0 Å². The molecule has 4 heteroatoms. The number of unbranched alkanes of at least 4 members (excludes halogenated alkanes) is 1. The first-order valence-corrected chi connectivity index (χ1v) is 7.99. The number of hydrogen-bond acceptors (Lipinski definition) is 2. The van der Waals surface area contributed by atoms with Gasteiger partial charge in [0.05, 0.1) is 0 Å². The van der Waals surface area contributed by atoms with E-state index in [2.05, 4.69) is 29.4 Å². The number of rotatable bonds is 6. The fourth-order valence-corrected chi connectivity index (χ4v) is 2.66. The van der Waals surface area contributed by atoms with Crippen LogP contribution in [0.4, 0.5) is 10.5 Å². The molecule has 2 N–H and O–H groups in total. The van der Waals surface area contributed by atoms with Crippen molar-refractivity contribution in [3.05, 3.63) is 29.3 Å². The third kappa shape index (κ3) is 5.38. The summed E-state index contributed by atoms with van der Waals surface area (Å²) in [5.74, 6) is 0. The zero-order chi connectivity index (χ0) is 15.1. The Morgan fingerprint density at radius 1 is 1.14 bits per heavy atom. The third-order valence-electron chi connectivity index (χ3n) is 4.15. The molecule has 1 fully saturated rings. The van der Waals surface area contributed by atoms with Crippen LogP contribution in [0.5, 0.6) is 0 Å². The quantitative estimate of drug-likeness (QED) is 0.789. The third-order valence-corrected chi connectivity index (χ3v) is 4.15. The maximum absolute atomic E-state index is 11.8. The molecule has 0 saturated carbocycles. The minimum atomic E-state index is -0.112. The highest BCUT2D eigenvalue weighted by atomic mass is 16.2. The number of amides is 2. The van der Waals surface area contributed by atoms with Gasteiger partial charge in [0.2, 0.25) is 0 Å². The number of anilines is 1. The Balaban J connectivity index is 1.59. The molecule has 0 radical (unpaired) electrons. The van der Waals surface area contributed by atoms with Crippen LogP contribution >= 0.6 is 0 Å². The van der Waals surface area contributed by atoms with Crippen LogP contribution in [0, 0.1) is 13.8 Å². The molecule has 0 bridgehead atoms. The van der Waals surface area contributed by atoms with Gasteiger partial charge in [0, 0.05) is 12.2 Å². The molecule has 1 aromatic carbocycles. The summed E-state index contributed by atoms with van der Waals surface area (Å²) in [6, 6.07) is 5.86. The van der Waals surface area contributed by atoms with Gasteiger partial charge >= 0.3 is 6.03 Å². The van der Waals surface area contributed by atoms with Crippen molar-refractivity contribution in [3.63, 3.8) is 0 Å². The first-order valence-electron chi connectivity index (χ1n) is 7.99. The van der Waals surface area contributed by atoms with E-state index in [4.69, 9.17) is 0 Å². The maximum atomic E-state index is 11.8. The molecule has 1 aliphatic rings. The Morgan fingerprint density at radius 2 is 1.90 bits per heavy atom. The predicted octanol–water partition coefficient (Wildman–Crippen LogP) is 3.30. The van der Waals surface area contributed by atoms with Crippen LogP contribution in [0.3, 0.4) is 0 Å². The van der Waals surface area contributed by atoms with Gasteiger partial charge in [0.15, 0.2) is 0 Å². The molecule has 0 aliphatic carbocycles. The lowest BCUT2D eigenvalue weighted by Gasteiger charge is -2.14. The standard InChI is InChI=1S/C17H27N3O/c1-14-7-8-16(13-15(14)2)19-17(21)18-9-3-4-10-20-11-5-6-12-20/h7-8,13H,3-6,9-12H2,1-2H3,(H2,18,19,21). The smallest absolute Gasteiger partial charge is 0.319 e. The van der Waals surface area contributed by atoms with Crippen molar-refractivity contribution in [1.82, 2.24) is 10.2 Å². The summed E-state index contributed by atoms with van der Waals surface area (Å²) in [6.07, 6.45) is 4.88. The van der Waals surface area contributed by atoms with Gasteiger partial charge in [-0.2, -0.15) is 0 Å². The first kappa shape index (κ1) is 15.8. The maximum Gasteiger partial charge on any atom is 0.319 e. The summed E-state index contributed by atoms with van der Waals surface area (Å²) in [5.41, 5.74) is 3.29. The summed E-state index contributed by atoms with van der Waals surface area (Å²) in [6.45, 7) is 8.53. The molecule has 1 saturated heterocycles. The van der Waals surface area contributed by atoms with E-state index in [1.807, 2.05) is 18.2 Å². The average molecular weight is 289 g/mol. The molecular formula is C17H27N3O. The normalized spacial score (nSPS) is 15.1. The molecule has 2 rings (SSSR count). The first-order chi connectivity index (χ1) is 10.1. The van der Waals surface area contributed by atoms with Gasteiger partial charge in [-0.15, -0.1) is 0 Å². The molecule has 0 unspecified atom stereocenters. The van der Waals surface area contributed by atoms with Crippen LogP contribution in [0.15, 0.2) is 18.2 Å². The van der Waals surface area contributed by atoms with Crippen molar-refractivity contribution < 1.29 is 4.79 Å². The summed E-state index contributed by atoms with van der Waals surface area (Å²) in [7, 11) is 0. The Kier molecular flexibility index (Phi) is 6.05. The van der Waals surface area contributed by atoms with Gasteiger partial charge in [-0.3, -0.25) is 0 Å². The number of carbonyl (C=O) groups excluding carboxylic acids is 1. The van der Waals surface area contributed by atoms with Crippen molar-refractivity contribution in [3.8, 4) is 0 Å². The van der Waals surface area contributed by atoms with Crippen molar-refractivity contribution in [2.45, 2.75) is 39.5 Å². The molecule has 2 amide bonds. The minimum Gasteiger partial charge on any atom is -0.338 e. The van der Waals surface area contributed by atoms with E-state index in [1.54, 1.807) is 0 Å². The van der Waals surface area contributed by atoms with Crippen molar-refractivity contribution in [2.24, 2.45) is 0 Å². The van der Waals surface area contributed by atoms with Crippen molar-refractivity contribution >= 4 is 11.7 Å². The SMILES string of the molecule is Cc1ccc(NC(=O)NCCCCN2CCCC2)cc1C. The van der Waals surface area contributed by atoms with Crippen LogP contribution in [-0.2, 0) is 0 Å². The topological polar surface area (TPSA) is 44.4 Å². The summed E-state index contributed by atoms with van der Waals surface area (Å²) < 4.78 is 0. The van der Waals surface area contributed by atoms with Crippen LogP contribution < -0.4 is 10.6 Å². The summed E-state index contributed by atoms with van der Waals surface area (Å²) in [4.78, 5) is 14.3. The Bertz CT molecular complexity index is 467. The number of carbonyl (C=O) groups is 1. The highest BCUT2D eigenvalue weighted by Gasteiger charge is 2.10. The highest BCUT2D eigenvalue weighted by molar-refractivity contribution is 5.89. The van der Waals surface area contributed by atoms with E-state index < -0.39 is 0 Å². The van der Waals surface area contributed by atoms with E-state index in [0.717, 1.165) is 25.1 Å². The lowest BCUT2D eigenvalue weighted by molar-refractivity contribution is 0.251. The van der Waals surface area contributed by atoms with Gasteiger partial charge in [0.25, 0.3) is 0 Å². The highest BCUT2D eigenvalue weighted by Crippen LogP contribution is 2.13. The summed E-state index contributed by atoms with van der Waals surface area (Å²) in [5, 5.41) is 5.80. The van der Waals surface area contributed by atoms with Crippen molar-refractivity contribution in [2.75, 3.05) is 31.5 Å². The fourth-order valence-electron chi connectivity index (χ4n) is 2.66. The lowest BCUT2D eigenvalue weighted by Crippen LogP contribution is -2.30. The number of nitrogens with zero attached hydrogens (tertiary/aromatic N) is 1. The lowest BCUT2D eigenvalue weighted by atomic mass is 10.1. The Hall–Kier alpha value is -1.55. The fraction of sp³-hybridized carbons (Fsp3) is 0.588.